The Morgan fingerprint density at radius 3 is 2.96 bits per heavy atom. The van der Waals surface area contributed by atoms with E-state index in [9.17, 15) is 4.79 Å². The molecule has 1 N–H and O–H groups in total. The maximum atomic E-state index is 12.6. The summed E-state index contributed by atoms with van der Waals surface area (Å²) in [4.78, 5) is 22.2. The van der Waals surface area contributed by atoms with Crippen molar-refractivity contribution in [1.29, 1.82) is 0 Å². The van der Waals surface area contributed by atoms with Crippen molar-refractivity contribution in [2.24, 2.45) is 0 Å². The number of nitrogens with zero attached hydrogens (tertiary/aromatic N) is 2. The number of aromatic amines is 1. The van der Waals surface area contributed by atoms with E-state index in [1.807, 2.05) is 29.2 Å². The fourth-order valence-electron chi connectivity index (χ4n) is 3.01. The Morgan fingerprint density at radius 2 is 2.22 bits per heavy atom. The molecule has 118 valence electrons. The van der Waals surface area contributed by atoms with Gasteiger partial charge in [-0.15, -0.1) is 12.3 Å². The smallest absolute Gasteiger partial charge is 0.223 e. The number of carbonyl (C=O) groups excluding carboxylic acids is 1. The third-order valence-corrected chi connectivity index (χ3v) is 4.39. The molecule has 0 fully saturated rings. The molecule has 1 aromatic heterocycles. The summed E-state index contributed by atoms with van der Waals surface area (Å²) < 4.78 is 0. The van der Waals surface area contributed by atoms with Crippen LogP contribution in [0.1, 0.15) is 42.3 Å². The van der Waals surface area contributed by atoms with Crippen LogP contribution in [0.25, 0.3) is 0 Å². The number of unbranched alkanes of at least 4 members (excludes halogenated alkanes) is 1. The van der Waals surface area contributed by atoms with Crippen LogP contribution in [0.5, 0.6) is 0 Å². The van der Waals surface area contributed by atoms with E-state index in [2.05, 4.69) is 15.9 Å². The molecule has 0 aliphatic carbocycles. The number of halogens is 1. The molecular weight excluding hydrogens is 310 g/mol. The molecule has 0 spiro atoms. The van der Waals surface area contributed by atoms with Gasteiger partial charge in [-0.3, -0.25) is 4.79 Å². The Labute approximate surface area is 140 Å². The zero-order valence-corrected chi connectivity index (χ0v) is 13.5. The number of nitrogens with one attached hydrogen (secondary N) is 1. The van der Waals surface area contributed by atoms with Crippen molar-refractivity contribution in [3.8, 4) is 12.3 Å². The average Bonchev–Trinajstić information content (AvgIpc) is 3.03. The Balaban J connectivity index is 1.91. The van der Waals surface area contributed by atoms with E-state index in [-0.39, 0.29) is 11.9 Å². The van der Waals surface area contributed by atoms with Crippen molar-refractivity contribution in [2.75, 3.05) is 6.54 Å². The summed E-state index contributed by atoms with van der Waals surface area (Å²) >= 11 is 5.99. The van der Waals surface area contributed by atoms with Crippen LogP contribution in [0, 0.1) is 12.3 Å². The summed E-state index contributed by atoms with van der Waals surface area (Å²) in [6.45, 7) is 0.678. The van der Waals surface area contributed by atoms with Crippen LogP contribution >= 0.6 is 11.6 Å². The monoisotopic (exact) mass is 327 g/mol. The van der Waals surface area contributed by atoms with Gasteiger partial charge in [0.05, 0.1) is 12.0 Å². The minimum atomic E-state index is -0.166. The molecule has 4 nitrogen and oxygen atoms in total. The molecule has 3 rings (SSSR count). The van der Waals surface area contributed by atoms with Crippen LogP contribution in [0.3, 0.4) is 0 Å². The molecular formula is C18H18ClN3O. The molecule has 0 saturated heterocycles. The van der Waals surface area contributed by atoms with Crippen LogP contribution < -0.4 is 0 Å². The van der Waals surface area contributed by atoms with Crippen molar-refractivity contribution in [2.45, 2.75) is 31.7 Å². The molecule has 0 bridgehead atoms. The Hall–Kier alpha value is -2.25. The van der Waals surface area contributed by atoms with Crippen molar-refractivity contribution in [3.05, 3.63) is 52.6 Å². The van der Waals surface area contributed by atoms with E-state index in [0.29, 0.717) is 30.8 Å². The summed E-state index contributed by atoms with van der Waals surface area (Å²) in [5.41, 5.74) is 3.04. The van der Waals surface area contributed by atoms with Gasteiger partial charge in [-0.25, -0.2) is 4.98 Å². The second kappa shape index (κ2) is 6.89. The van der Waals surface area contributed by atoms with Gasteiger partial charge in [0.25, 0.3) is 0 Å². The van der Waals surface area contributed by atoms with Gasteiger partial charge in [0.15, 0.2) is 0 Å². The van der Waals surface area contributed by atoms with Crippen LogP contribution in [0.15, 0.2) is 30.6 Å². The number of amides is 1. The maximum absolute atomic E-state index is 12.6. The molecule has 5 heteroatoms. The Morgan fingerprint density at radius 1 is 1.43 bits per heavy atom. The summed E-state index contributed by atoms with van der Waals surface area (Å²) in [5, 5.41) is 0.679. The number of benzene rings is 1. The normalized spacial score (nSPS) is 16.7. The van der Waals surface area contributed by atoms with Crippen LogP contribution in [-0.4, -0.2) is 27.3 Å². The molecule has 1 amide bonds. The molecule has 1 aliphatic heterocycles. The minimum absolute atomic E-state index is 0.119. The van der Waals surface area contributed by atoms with E-state index in [1.165, 1.54) is 0 Å². The Kier molecular flexibility index (Phi) is 4.68. The molecule has 0 radical (unpaired) electrons. The van der Waals surface area contributed by atoms with E-state index < -0.39 is 0 Å². The van der Waals surface area contributed by atoms with Crippen molar-refractivity contribution < 1.29 is 4.79 Å². The lowest BCUT2D eigenvalue weighted by atomic mass is 9.95. The molecule has 2 aromatic rings. The lowest BCUT2D eigenvalue weighted by Gasteiger charge is -2.35. The molecule has 2 heterocycles. The molecule has 1 aromatic carbocycles. The summed E-state index contributed by atoms with van der Waals surface area (Å²) in [7, 11) is 0. The Bertz CT molecular complexity index is 729. The van der Waals surface area contributed by atoms with Gasteiger partial charge >= 0.3 is 0 Å². The molecule has 1 atom stereocenters. The van der Waals surface area contributed by atoms with Gasteiger partial charge in [-0.1, -0.05) is 23.7 Å². The van der Waals surface area contributed by atoms with E-state index >= 15 is 0 Å². The number of fused-ring (bicyclic) bond motifs is 1. The second-order valence-corrected chi connectivity index (χ2v) is 6.05. The fourth-order valence-corrected chi connectivity index (χ4v) is 3.14. The van der Waals surface area contributed by atoms with E-state index in [1.54, 1.807) is 6.33 Å². The quantitative estimate of drug-likeness (QED) is 0.691. The summed E-state index contributed by atoms with van der Waals surface area (Å²) in [5.74, 6) is 2.70. The molecule has 1 unspecified atom stereocenters. The number of H-pyrrole nitrogens is 1. The van der Waals surface area contributed by atoms with Crippen LogP contribution in [-0.2, 0) is 11.2 Å². The van der Waals surface area contributed by atoms with E-state index in [0.717, 1.165) is 23.4 Å². The van der Waals surface area contributed by atoms with Crippen molar-refractivity contribution in [1.82, 2.24) is 14.9 Å². The average molecular weight is 328 g/mol. The van der Waals surface area contributed by atoms with E-state index in [4.69, 9.17) is 18.0 Å². The highest BCUT2D eigenvalue weighted by atomic mass is 35.5. The van der Waals surface area contributed by atoms with Gasteiger partial charge < -0.3 is 9.88 Å². The first-order valence-corrected chi connectivity index (χ1v) is 8.09. The number of hydrogen-bond acceptors (Lipinski definition) is 2. The summed E-state index contributed by atoms with van der Waals surface area (Å²) in [6.07, 6.45) is 9.56. The van der Waals surface area contributed by atoms with Gasteiger partial charge in [0, 0.05) is 36.5 Å². The third-order valence-electron chi connectivity index (χ3n) is 4.14. The molecule has 1 aliphatic rings. The number of terminal acetylenes is 1. The SMILES string of the molecule is C#CCCCC(=O)N1CCc2[nH]cnc2C1c1ccc(Cl)cc1. The predicted octanol–water partition coefficient (Wildman–Crippen LogP) is 3.34. The number of carbonyl (C=O) groups is 1. The van der Waals surface area contributed by atoms with Crippen LogP contribution in [0.4, 0.5) is 0 Å². The zero-order chi connectivity index (χ0) is 16.2. The first-order valence-electron chi connectivity index (χ1n) is 7.71. The second-order valence-electron chi connectivity index (χ2n) is 5.62. The number of aromatic nitrogens is 2. The highest BCUT2D eigenvalue weighted by molar-refractivity contribution is 6.30. The lowest BCUT2D eigenvalue weighted by Crippen LogP contribution is -2.40. The van der Waals surface area contributed by atoms with Crippen LogP contribution in [0.2, 0.25) is 5.02 Å². The first-order chi connectivity index (χ1) is 11.2. The topological polar surface area (TPSA) is 49.0 Å². The summed E-state index contributed by atoms with van der Waals surface area (Å²) in [6, 6.07) is 7.44. The highest BCUT2D eigenvalue weighted by Gasteiger charge is 2.33. The van der Waals surface area contributed by atoms with Gasteiger partial charge in [0.2, 0.25) is 5.91 Å². The fraction of sp³-hybridized carbons (Fsp3) is 0.333. The molecule has 0 saturated carbocycles. The first kappa shape index (κ1) is 15.6. The van der Waals surface area contributed by atoms with Gasteiger partial charge in [0.1, 0.15) is 6.04 Å². The number of rotatable bonds is 4. The largest absolute Gasteiger partial charge is 0.348 e. The minimum Gasteiger partial charge on any atom is -0.348 e. The predicted molar refractivity (Wildman–Crippen MR) is 90.0 cm³/mol. The third kappa shape index (κ3) is 3.25. The number of imidazole rings is 1. The number of hydrogen-bond donors (Lipinski definition) is 1. The van der Waals surface area contributed by atoms with Gasteiger partial charge in [-0.2, -0.15) is 0 Å². The highest BCUT2D eigenvalue weighted by Crippen LogP contribution is 2.34. The van der Waals surface area contributed by atoms with Gasteiger partial charge in [-0.05, 0) is 24.1 Å². The maximum Gasteiger partial charge on any atom is 0.223 e. The van der Waals surface area contributed by atoms with Crippen molar-refractivity contribution in [3.63, 3.8) is 0 Å². The lowest BCUT2D eigenvalue weighted by molar-refractivity contribution is -0.133. The standard InChI is InChI=1S/C18H18ClN3O/c1-2-3-4-5-16(23)22-11-10-15-17(21-12-20-15)18(22)13-6-8-14(19)9-7-13/h1,6-9,12,18H,3-5,10-11H2,(H,20,21). The van der Waals surface area contributed by atoms with Crippen molar-refractivity contribution >= 4 is 17.5 Å². The molecule has 23 heavy (non-hydrogen) atoms. The zero-order valence-electron chi connectivity index (χ0n) is 12.8.